The van der Waals surface area contributed by atoms with Crippen LogP contribution in [0, 0.1) is 11.7 Å². The summed E-state index contributed by atoms with van der Waals surface area (Å²) in [6, 6.07) is 2.55. The maximum atomic E-state index is 14.3. The van der Waals surface area contributed by atoms with Gasteiger partial charge in [-0.3, -0.25) is 4.79 Å². The molecule has 1 unspecified atom stereocenters. The molecule has 0 spiro atoms. The lowest BCUT2D eigenvalue weighted by molar-refractivity contribution is -0.116. The first-order valence-corrected chi connectivity index (χ1v) is 8.81. The molecule has 0 aliphatic carbocycles. The Balaban J connectivity index is 1.54. The minimum atomic E-state index is -0.557. The van der Waals surface area contributed by atoms with Crippen LogP contribution in [0.4, 0.5) is 20.6 Å². The van der Waals surface area contributed by atoms with Crippen LogP contribution in [0.3, 0.4) is 0 Å². The largest absolute Gasteiger partial charge is 0.382 e. The van der Waals surface area contributed by atoms with Crippen LogP contribution in [0.1, 0.15) is 18.4 Å². The molecule has 2 aliphatic rings. The van der Waals surface area contributed by atoms with Gasteiger partial charge in [-0.1, -0.05) is 0 Å². The number of urea groups is 1. The Morgan fingerprint density at radius 3 is 3.04 bits per heavy atom. The summed E-state index contributed by atoms with van der Waals surface area (Å²) in [5, 5.41) is 5.29. The Morgan fingerprint density at radius 2 is 2.23 bits per heavy atom. The predicted octanol–water partition coefficient (Wildman–Crippen LogP) is 2.23. The maximum absolute atomic E-state index is 14.3. The van der Waals surface area contributed by atoms with E-state index in [1.165, 1.54) is 6.07 Å². The zero-order chi connectivity index (χ0) is 18.5. The Labute approximate surface area is 151 Å². The number of amides is 3. The Hall–Kier alpha value is -2.19. The zero-order valence-corrected chi connectivity index (χ0v) is 14.8. The molecule has 3 amide bonds. The molecule has 0 radical (unpaired) electrons. The number of nitrogens with one attached hydrogen (secondary N) is 2. The van der Waals surface area contributed by atoms with E-state index in [9.17, 15) is 14.0 Å². The number of benzene rings is 1. The first-order valence-electron chi connectivity index (χ1n) is 8.81. The number of methoxy groups -OCH3 is 1. The lowest BCUT2D eigenvalue weighted by atomic mass is 10.0. The van der Waals surface area contributed by atoms with Crippen LogP contribution in [0.25, 0.3) is 0 Å². The molecular weight excluding hydrogens is 341 g/mol. The number of hydrogen-bond donors (Lipinski definition) is 2. The molecule has 0 bridgehead atoms. The van der Waals surface area contributed by atoms with Crippen LogP contribution in [0.2, 0.25) is 0 Å². The number of nitrogens with zero attached hydrogens (tertiary/aromatic N) is 1. The monoisotopic (exact) mass is 365 g/mol. The summed E-state index contributed by atoms with van der Waals surface area (Å²) >= 11 is 0. The molecule has 2 heterocycles. The average molecular weight is 365 g/mol. The fraction of sp³-hybridized carbons (Fsp3) is 0.556. The van der Waals surface area contributed by atoms with Gasteiger partial charge in [-0.2, -0.15) is 0 Å². The van der Waals surface area contributed by atoms with Gasteiger partial charge in [-0.15, -0.1) is 0 Å². The number of aryl methyl sites for hydroxylation is 1. The van der Waals surface area contributed by atoms with E-state index in [2.05, 4.69) is 10.6 Å². The van der Waals surface area contributed by atoms with E-state index < -0.39 is 5.82 Å². The van der Waals surface area contributed by atoms with Crippen molar-refractivity contribution in [3.05, 3.63) is 23.5 Å². The summed E-state index contributed by atoms with van der Waals surface area (Å²) in [6.07, 6.45) is 1.76. The van der Waals surface area contributed by atoms with Crippen molar-refractivity contribution in [3.63, 3.8) is 0 Å². The van der Waals surface area contributed by atoms with Crippen LogP contribution in [-0.2, 0) is 20.7 Å². The molecular formula is C18H24FN3O4. The van der Waals surface area contributed by atoms with Crippen molar-refractivity contribution >= 4 is 23.3 Å². The third-order valence-corrected chi connectivity index (χ3v) is 4.69. The highest BCUT2D eigenvalue weighted by Crippen LogP contribution is 2.29. The number of anilines is 2. The zero-order valence-electron chi connectivity index (χ0n) is 14.8. The lowest BCUT2D eigenvalue weighted by Crippen LogP contribution is -2.33. The number of ether oxygens (including phenoxy) is 2. The maximum Gasteiger partial charge on any atom is 0.321 e. The number of hydrogen-bond acceptors (Lipinski definition) is 4. The van der Waals surface area contributed by atoms with Crippen LogP contribution < -0.4 is 10.6 Å². The first-order chi connectivity index (χ1) is 12.6. The van der Waals surface area contributed by atoms with Gasteiger partial charge in [0.15, 0.2) is 0 Å². The molecule has 1 atom stereocenters. The van der Waals surface area contributed by atoms with Gasteiger partial charge < -0.3 is 25.0 Å². The van der Waals surface area contributed by atoms with E-state index in [1.807, 2.05) is 0 Å². The van der Waals surface area contributed by atoms with Crippen LogP contribution in [-0.4, -0.2) is 56.9 Å². The SMILES string of the molecule is COCCOCC1CCN(C(=O)Nc2cc3c(cc2F)NC(=O)CC3)C1. The molecule has 2 aliphatic heterocycles. The quantitative estimate of drug-likeness (QED) is 0.758. The molecule has 26 heavy (non-hydrogen) atoms. The van der Waals surface area contributed by atoms with Crippen molar-refractivity contribution in [2.24, 2.45) is 5.92 Å². The van der Waals surface area contributed by atoms with E-state index in [-0.39, 0.29) is 23.5 Å². The second kappa shape index (κ2) is 8.46. The second-order valence-corrected chi connectivity index (χ2v) is 6.64. The molecule has 1 aromatic rings. The van der Waals surface area contributed by atoms with Gasteiger partial charge >= 0.3 is 6.03 Å². The van der Waals surface area contributed by atoms with Crippen LogP contribution in [0.15, 0.2) is 12.1 Å². The number of carbonyl (C=O) groups is 2. The molecule has 0 saturated carbocycles. The predicted molar refractivity (Wildman–Crippen MR) is 94.7 cm³/mol. The van der Waals surface area contributed by atoms with Crippen LogP contribution in [0.5, 0.6) is 0 Å². The number of carbonyl (C=O) groups excluding carboxylic acids is 2. The second-order valence-electron chi connectivity index (χ2n) is 6.64. The third kappa shape index (κ3) is 4.50. The highest BCUT2D eigenvalue weighted by Gasteiger charge is 2.27. The molecule has 142 valence electrons. The van der Waals surface area contributed by atoms with E-state index in [1.54, 1.807) is 18.1 Å². The average Bonchev–Trinajstić information content (AvgIpc) is 3.08. The van der Waals surface area contributed by atoms with E-state index in [0.717, 1.165) is 12.0 Å². The van der Waals surface area contributed by atoms with Crippen molar-refractivity contribution in [3.8, 4) is 0 Å². The van der Waals surface area contributed by atoms with Gasteiger partial charge in [0.05, 0.1) is 25.5 Å². The molecule has 8 heteroatoms. The Bertz CT molecular complexity index is 683. The number of fused-ring (bicyclic) bond motifs is 1. The summed E-state index contributed by atoms with van der Waals surface area (Å²) in [7, 11) is 1.62. The highest BCUT2D eigenvalue weighted by molar-refractivity contribution is 5.95. The minimum Gasteiger partial charge on any atom is -0.382 e. The summed E-state index contributed by atoms with van der Waals surface area (Å²) in [6.45, 7) is 2.87. The van der Waals surface area contributed by atoms with Gasteiger partial charge in [0, 0.05) is 38.2 Å². The van der Waals surface area contributed by atoms with Crippen molar-refractivity contribution < 1.29 is 23.5 Å². The molecule has 1 fully saturated rings. The van der Waals surface area contributed by atoms with Gasteiger partial charge in [-0.25, -0.2) is 9.18 Å². The Morgan fingerprint density at radius 1 is 1.38 bits per heavy atom. The van der Waals surface area contributed by atoms with Crippen molar-refractivity contribution in [2.75, 3.05) is 50.7 Å². The fourth-order valence-electron chi connectivity index (χ4n) is 3.24. The summed E-state index contributed by atoms with van der Waals surface area (Å²) in [4.78, 5) is 25.5. The van der Waals surface area contributed by atoms with Gasteiger partial charge in [-0.05, 0) is 30.5 Å². The summed E-state index contributed by atoms with van der Waals surface area (Å²) < 4.78 is 24.7. The first kappa shape index (κ1) is 18.6. The smallest absolute Gasteiger partial charge is 0.321 e. The van der Waals surface area contributed by atoms with Crippen LogP contribution >= 0.6 is 0 Å². The molecule has 7 nitrogen and oxygen atoms in total. The number of halogens is 1. The molecule has 3 rings (SSSR count). The fourth-order valence-corrected chi connectivity index (χ4v) is 3.24. The van der Waals surface area contributed by atoms with Gasteiger partial charge in [0.1, 0.15) is 5.82 Å². The Kier molecular flexibility index (Phi) is 6.05. The molecule has 1 aromatic carbocycles. The third-order valence-electron chi connectivity index (χ3n) is 4.69. The van der Waals surface area contributed by atoms with Crippen molar-refractivity contribution in [2.45, 2.75) is 19.3 Å². The summed E-state index contributed by atoms with van der Waals surface area (Å²) in [5.41, 5.74) is 1.45. The van der Waals surface area contributed by atoms with Crippen molar-refractivity contribution in [1.29, 1.82) is 0 Å². The van der Waals surface area contributed by atoms with Gasteiger partial charge in [0.2, 0.25) is 5.91 Å². The summed E-state index contributed by atoms with van der Waals surface area (Å²) in [5.74, 6) is -0.399. The minimum absolute atomic E-state index is 0.121. The normalized spacial score (nSPS) is 19.2. The number of rotatable bonds is 6. The molecule has 1 saturated heterocycles. The van der Waals surface area contributed by atoms with E-state index in [0.29, 0.717) is 51.4 Å². The highest BCUT2D eigenvalue weighted by atomic mass is 19.1. The molecule has 2 N–H and O–H groups in total. The van der Waals surface area contributed by atoms with Crippen molar-refractivity contribution in [1.82, 2.24) is 4.90 Å². The topological polar surface area (TPSA) is 79.9 Å². The lowest BCUT2D eigenvalue weighted by Gasteiger charge is -2.21. The molecule has 0 aromatic heterocycles. The van der Waals surface area contributed by atoms with Gasteiger partial charge in [0.25, 0.3) is 0 Å². The van der Waals surface area contributed by atoms with E-state index in [4.69, 9.17) is 9.47 Å². The standard InChI is InChI=1S/C18H24FN3O4/c1-25-6-7-26-11-12-4-5-22(10-12)18(24)21-16-8-13-2-3-17(23)20-15(13)9-14(16)19/h8-9,12H,2-7,10-11H2,1H3,(H,20,23)(H,21,24). The van der Waals surface area contributed by atoms with E-state index >= 15 is 0 Å². The number of likely N-dealkylation sites (tertiary alicyclic amines) is 1.